The predicted molar refractivity (Wildman–Crippen MR) is 37.8 cm³/mol. The zero-order valence-electron chi connectivity index (χ0n) is 5.37. The first kappa shape index (κ1) is 7.93. The minimum atomic E-state index is -1.12. The number of hydrogen-bond acceptors (Lipinski definition) is 4. The molecule has 0 aliphatic rings. The van der Waals surface area contributed by atoms with Crippen LogP contribution >= 0.6 is 11.3 Å². The van der Waals surface area contributed by atoms with Gasteiger partial charge in [-0.05, 0) is 0 Å². The van der Waals surface area contributed by atoms with E-state index >= 15 is 0 Å². The second-order valence-electron chi connectivity index (χ2n) is 1.84. The minimum Gasteiger partial charge on any atom is -0.481 e. The maximum absolute atomic E-state index is 12.6. The van der Waals surface area contributed by atoms with Crippen LogP contribution in [0.3, 0.4) is 0 Å². The highest BCUT2D eigenvalue weighted by atomic mass is 32.1. The molecule has 0 aliphatic heterocycles. The van der Waals surface area contributed by atoms with Gasteiger partial charge in [-0.15, -0.1) is 0 Å². The Labute approximate surface area is 65.5 Å². The Balaban J connectivity index is 2.85. The molecule has 3 N–H and O–H groups in total. The number of anilines is 1. The number of nitrogens with two attached hydrogens (primary N) is 1. The fourth-order valence-corrected chi connectivity index (χ4v) is 1.18. The van der Waals surface area contributed by atoms with E-state index in [1.807, 2.05) is 0 Å². The lowest BCUT2D eigenvalue weighted by Gasteiger charge is -1.87. The zero-order chi connectivity index (χ0) is 8.43. The molecule has 0 fully saturated rings. The van der Waals surface area contributed by atoms with Crippen LogP contribution in [0.1, 0.15) is 5.69 Å². The fraction of sp³-hybridized carbons (Fsp3) is 0.200. The van der Waals surface area contributed by atoms with E-state index in [9.17, 15) is 9.18 Å². The number of carbonyl (C=O) groups is 1. The van der Waals surface area contributed by atoms with Gasteiger partial charge in [0.1, 0.15) is 5.69 Å². The van der Waals surface area contributed by atoms with Crippen molar-refractivity contribution >= 4 is 22.4 Å². The van der Waals surface area contributed by atoms with Crippen molar-refractivity contribution in [2.24, 2.45) is 0 Å². The van der Waals surface area contributed by atoms with Gasteiger partial charge in [-0.1, -0.05) is 11.3 Å². The first-order valence-electron chi connectivity index (χ1n) is 2.72. The van der Waals surface area contributed by atoms with Crippen molar-refractivity contribution in [3.8, 4) is 0 Å². The molecule has 0 aliphatic carbocycles. The zero-order valence-corrected chi connectivity index (χ0v) is 6.19. The van der Waals surface area contributed by atoms with E-state index < -0.39 is 17.5 Å². The second-order valence-corrected chi connectivity index (χ2v) is 2.82. The van der Waals surface area contributed by atoms with Crippen LogP contribution in [0, 0.1) is 5.13 Å². The SMILES string of the molecule is Nc1nc(CC(=O)O)c(F)s1. The molecule has 4 nitrogen and oxygen atoms in total. The number of carboxylic acids is 1. The standard InChI is InChI=1S/C5H5FN2O2S/c6-4-2(1-3(9)10)8-5(7)11-4/h1H2,(H2,7,8)(H,9,10). The molecule has 1 aromatic heterocycles. The van der Waals surface area contributed by atoms with E-state index in [0.29, 0.717) is 11.3 Å². The van der Waals surface area contributed by atoms with Crippen LogP contribution in [0.4, 0.5) is 9.52 Å². The van der Waals surface area contributed by atoms with Gasteiger partial charge in [0.15, 0.2) is 5.13 Å². The summed E-state index contributed by atoms with van der Waals surface area (Å²) in [6.07, 6.45) is -0.417. The second kappa shape index (κ2) is 2.83. The molecule has 11 heavy (non-hydrogen) atoms. The number of aliphatic carboxylic acids is 1. The van der Waals surface area contributed by atoms with Gasteiger partial charge in [-0.25, -0.2) is 4.98 Å². The molecule has 0 saturated carbocycles. The quantitative estimate of drug-likeness (QED) is 0.687. The van der Waals surface area contributed by atoms with Crippen LogP contribution in [-0.2, 0) is 11.2 Å². The van der Waals surface area contributed by atoms with Gasteiger partial charge in [0.25, 0.3) is 0 Å². The fourth-order valence-electron chi connectivity index (χ4n) is 0.603. The lowest BCUT2D eigenvalue weighted by Crippen LogP contribution is -2.01. The molecular weight excluding hydrogens is 171 g/mol. The molecule has 0 radical (unpaired) electrons. The Morgan fingerprint density at radius 1 is 1.82 bits per heavy atom. The third kappa shape index (κ3) is 1.87. The van der Waals surface area contributed by atoms with Gasteiger partial charge in [-0.3, -0.25) is 4.79 Å². The molecule has 0 spiro atoms. The van der Waals surface area contributed by atoms with Crippen molar-refractivity contribution in [3.63, 3.8) is 0 Å². The summed E-state index contributed by atoms with van der Waals surface area (Å²) in [4.78, 5) is 13.6. The largest absolute Gasteiger partial charge is 0.481 e. The van der Waals surface area contributed by atoms with Crippen molar-refractivity contribution in [3.05, 3.63) is 10.8 Å². The van der Waals surface area contributed by atoms with E-state index in [2.05, 4.69) is 4.98 Å². The predicted octanol–water partition coefficient (Wildman–Crippen LogP) is 0.491. The van der Waals surface area contributed by atoms with Crippen LogP contribution in [0.15, 0.2) is 0 Å². The molecule has 0 atom stereocenters. The van der Waals surface area contributed by atoms with Crippen LogP contribution in [0.25, 0.3) is 0 Å². The summed E-state index contributed by atoms with van der Waals surface area (Å²) in [6, 6.07) is 0. The van der Waals surface area contributed by atoms with Crippen LogP contribution < -0.4 is 5.73 Å². The van der Waals surface area contributed by atoms with Gasteiger partial charge in [0.2, 0.25) is 5.13 Å². The molecule has 6 heteroatoms. The minimum absolute atomic E-state index is 0.0544. The van der Waals surface area contributed by atoms with E-state index in [1.54, 1.807) is 0 Å². The Hall–Kier alpha value is -1.17. The molecule has 0 amide bonds. The number of thiazole rings is 1. The van der Waals surface area contributed by atoms with E-state index in [1.165, 1.54) is 0 Å². The highest BCUT2D eigenvalue weighted by molar-refractivity contribution is 7.13. The first-order chi connectivity index (χ1) is 5.09. The number of hydrogen-bond donors (Lipinski definition) is 2. The monoisotopic (exact) mass is 176 g/mol. The Morgan fingerprint density at radius 3 is 2.82 bits per heavy atom. The summed E-state index contributed by atoms with van der Waals surface area (Å²) in [5.74, 6) is -1.12. The smallest absolute Gasteiger partial charge is 0.309 e. The molecule has 0 unspecified atom stereocenters. The summed E-state index contributed by atoms with van der Waals surface area (Å²) in [6.45, 7) is 0. The van der Waals surface area contributed by atoms with Crippen molar-refractivity contribution in [1.82, 2.24) is 4.98 Å². The number of halogens is 1. The van der Waals surface area contributed by atoms with Crippen molar-refractivity contribution in [2.75, 3.05) is 5.73 Å². The average molecular weight is 176 g/mol. The molecule has 0 bridgehead atoms. The highest BCUT2D eigenvalue weighted by Crippen LogP contribution is 2.18. The molecule has 1 aromatic rings. The molecule has 1 heterocycles. The third-order valence-electron chi connectivity index (χ3n) is 0.985. The Kier molecular flexibility index (Phi) is 2.04. The lowest BCUT2D eigenvalue weighted by atomic mass is 10.3. The van der Waals surface area contributed by atoms with Gasteiger partial charge in [0, 0.05) is 0 Å². The third-order valence-corrected chi connectivity index (χ3v) is 1.70. The Morgan fingerprint density at radius 2 is 2.45 bits per heavy atom. The van der Waals surface area contributed by atoms with Crippen LogP contribution in [0.5, 0.6) is 0 Å². The van der Waals surface area contributed by atoms with Gasteiger partial charge >= 0.3 is 5.97 Å². The number of carboxylic acid groups (broad SMARTS) is 1. The maximum atomic E-state index is 12.6. The highest BCUT2D eigenvalue weighted by Gasteiger charge is 2.11. The van der Waals surface area contributed by atoms with E-state index in [0.717, 1.165) is 0 Å². The number of nitrogen functional groups attached to an aromatic ring is 1. The Bertz CT molecular complexity index is 286. The normalized spacial score (nSPS) is 9.91. The molecule has 60 valence electrons. The van der Waals surface area contributed by atoms with Crippen molar-refractivity contribution in [2.45, 2.75) is 6.42 Å². The molecular formula is C5H5FN2O2S. The summed E-state index contributed by atoms with van der Waals surface area (Å²) in [5.41, 5.74) is 5.03. The lowest BCUT2D eigenvalue weighted by molar-refractivity contribution is -0.136. The summed E-state index contributed by atoms with van der Waals surface area (Å²) in [5, 5.41) is 7.69. The molecule has 0 saturated heterocycles. The summed E-state index contributed by atoms with van der Waals surface area (Å²) in [7, 11) is 0. The topological polar surface area (TPSA) is 76.2 Å². The van der Waals surface area contributed by atoms with Crippen molar-refractivity contribution in [1.29, 1.82) is 0 Å². The van der Waals surface area contributed by atoms with Gasteiger partial charge in [-0.2, -0.15) is 4.39 Å². The van der Waals surface area contributed by atoms with Gasteiger partial charge < -0.3 is 10.8 Å². The molecule has 1 rings (SSSR count). The summed E-state index contributed by atoms with van der Waals surface area (Å²) >= 11 is 0.648. The van der Waals surface area contributed by atoms with Gasteiger partial charge in [0.05, 0.1) is 6.42 Å². The maximum Gasteiger partial charge on any atom is 0.309 e. The number of aromatic nitrogens is 1. The van der Waals surface area contributed by atoms with Crippen LogP contribution in [0.2, 0.25) is 0 Å². The van der Waals surface area contributed by atoms with Crippen molar-refractivity contribution < 1.29 is 14.3 Å². The summed E-state index contributed by atoms with van der Waals surface area (Å²) < 4.78 is 12.6. The first-order valence-corrected chi connectivity index (χ1v) is 3.53. The number of rotatable bonds is 2. The van der Waals surface area contributed by atoms with Crippen LogP contribution in [-0.4, -0.2) is 16.1 Å². The average Bonchev–Trinajstić information content (AvgIpc) is 2.09. The number of nitrogens with zero attached hydrogens (tertiary/aromatic N) is 1. The molecule has 0 aromatic carbocycles. The van der Waals surface area contributed by atoms with E-state index in [-0.39, 0.29) is 10.8 Å². The van der Waals surface area contributed by atoms with E-state index in [4.69, 9.17) is 10.8 Å².